The Kier molecular flexibility index (Phi) is 5.60. The Morgan fingerprint density at radius 3 is 2.47 bits per heavy atom. The molecule has 0 unspecified atom stereocenters. The Hall–Kier alpha value is -1.64. The second-order valence-corrected chi connectivity index (χ2v) is 5.00. The van der Waals surface area contributed by atoms with Gasteiger partial charge >= 0.3 is 0 Å². The Morgan fingerprint density at radius 2 is 1.68 bits per heavy atom. The van der Waals surface area contributed by atoms with Crippen molar-refractivity contribution in [3.8, 4) is 11.3 Å². The van der Waals surface area contributed by atoms with Crippen molar-refractivity contribution in [1.29, 1.82) is 0 Å². The summed E-state index contributed by atoms with van der Waals surface area (Å²) < 4.78 is 1.96. The van der Waals surface area contributed by atoms with Crippen LogP contribution in [0.25, 0.3) is 11.3 Å². The van der Waals surface area contributed by atoms with E-state index >= 15 is 0 Å². The average Bonchev–Trinajstić information content (AvgIpc) is 2.92. The number of hydrogen-bond donors (Lipinski definition) is 0. The number of aryl methyl sites for hydroxylation is 1. The van der Waals surface area contributed by atoms with Gasteiger partial charge in [0, 0.05) is 12.1 Å². The van der Waals surface area contributed by atoms with Gasteiger partial charge in [0.25, 0.3) is 0 Å². The predicted octanol–water partition coefficient (Wildman–Crippen LogP) is 4.31. The van der Waals surface area contributed by atoms with Crippen LogP contribution in [0.5, 0.6) is 0 Å². The molecular weight excluding hydrogens is 234 g/mol. The van der Waals surface area contributed by atoms with Gasteiger partial charge in [-0.1, -0.05) is 74.6 Å². The fraction of sp³-hybridized carbons (Fsp3) is 0.500. The van der Waals surface area contributed by atoms with Crippen LogP contribution in [-0.2, 0) is 6.54 Å². The van der Waals surface area contributed by atoms with E-state index in [1.54, 1.807) is 0 Å². The molecule has 1 heterocycles. The van der Waals surface area contributed by atoms with E-state index in [0.29, 0.717) is 0 Å². The first-order chi connectivity index (χ1) is 9.40. The van der Waals surface area contributed by atoms with Crippen LogP contribution in [0.3, 0.4) is 0 Å². The zero-order chi connectivity index (χ0) is 13.3. The van der Waals surface area contributed by atoms with Crippen molar-refractivity contribution in [3.05, 3.63) is 36.5 Å². The van der Waals surface area contributed by atoms with Gasteiger partial charge in [0.1, 0.15) is 5.69 Å². The number of benzene rings is 1. The molecule has 0 fully saturated rings. The van der Waals surface area contributed by atoms with Gasteiger partial charge in [0.05, 0.1) is 6.20 Å². The van der Waals surface area contributed by atoms with E-state index in [4.69, 9.17) is 0 Å². The molecule has 0 amide bonds. The Labute approximate surface area is 115 Å². The van der Waals surface area contributed by atoms with E-state index in [0.717, 1.165) is 17.8 Å². The summed E-state index contributed by atoms with van der Waals surface area (Å²) in [6, 6.07) is 10.2. The zero-order valence-corrected chi connectivity index (χ0v) is 11.8. The molecule has 0 saturated heterocycles. The summed E-state index contributed by atoms with van der Waals surface area (Å²) in [5, 5.41) is 8.42. The van der Waals surface area contributed by atoms with Gasteiger partial charge in [-0.25, -0.2) is 0 Å². The highest BCUT2D eigenvalue weighted by Crippen LogP contribution is 2.15. The van der Waals surface area contributed by atoms with Crippen molar-refractivity contribution in [2.75, 3.05) is 0 Å². The molecule has 2 rings (SSSR count). The largest absolute Gasteiger partial charge is 0.252 e. The van der Waals surface area contributed by atoms with E-state index < -0.39 is 0 Å². The third kappa shape index (κ3) is 4.51. The first kappa shape index (κ1) is 13.8. The van der Waals surface area contributed by atoms with E-state index in [9.17, 15) is 0 Å². The Bertz CT molecular complexity index is 462. The first-order valence-electron chi connectivity index (χ1n) is 7.35. The molecule has 0 saturated carbocycles. The average molecular weight is 257 g/mol. The van der Waals surface area contributed by atoms with Crippen LogP contribution in [-0.4, -0.2) is 15.0 Å². The molecule has 0 aliphatic rings. The highest BCUT2D eigenvalue weighted by Gasteiger charge is 2.02. The monoisotopic (exact) mass is 257 g/mol. The quantitative estimate of drug-likeness (QED) is 0.660. The summed E-state index contributed by atoms with van der Waals surface area (Å²) in [4.78, 5) is 0. The second-order valence-electron chi connectivity index (χ2n) is 5.00. The first-order valence-corrected chi connectivity index (χ1v) is 7.35. The summed E-state index contributed by atoms with van der Waals surface area (Å²) in [6.07, 6.45) is 9.91. The molecule has 0 radical (unpaired) electrons. The second kappa shape index (κ2) is 7.72. The van der Waals surface area contributed by atoms with Crippen molar-refractivity contribution in [2.24, 2.45) is 0 Å². The van der Waals surface area contributed by atoms with Gasteiger partial charge < -0.3 is 0 Å². The molecule has 3 nitrogen and oxygen atoms in total. The molecule has 1 aromatic heterocycles. The fourth-order valence-electron chi connectivity index (χ4n) is 2.20. The maximum Gasteiger partial charge on any atom is 0.113 e. The van der Waals surface area contributed by atoms with Gasteiger partial charge in [-0.05, 0) is 6.42 Å². The lowest BCUT2D eigenvalue weighted by Gasteiger charge is -2.00. The maximum atomic E-state index is 4.23. The molecule has 0 aliphatic heterocycles. The number of nitrogens with zero attached hydrogens (tertiary/aromatic N) is 3. The lowest BCUT2D eigenvalue weighted by atomic mass is 10.1. The van der Waals surface area contributed by atoms with Crippen LogP contribution in [0.15, 0.2) is 36.5 Å². The van der Waals surface area contributed by atoms with E-state index in [-0.39, 0.29) is 0 Å². The number of aromatic nitrogens is 3. The van der Waals surface area contributed by atoms with Crippen molar-refractivity contribution in [1.82, 2.24) is 15.0 Å². The van der Waals surface area contributed by atoms with Gasteiger partial charge in [-0.2, -0.15) is 0 Å². The standard InChI is InChI=1S/C16H23N3/c1-2-3-4-5-6-10-13-19-14-16(17-18-19)15-11-8-7-9-12-15/h7-9,11-12,14H,2-6,10,13H2,1H3. The van der Waals surface area contributed by atoms with Crippen molar-refractivity contribution >= 4 is 0 Å². The topological polar surface area (TPSA) is 30.7 Å². The molecule has 0 aliphatic carbocycles. The molecule has 0 N–H and O–H groups in total. The van der Waals surface area contributed by atoms with Crippen LogP contribution in [0.4, 0.5) is 0 Å². The minimum Gasteiger partial charge on any atom is -0.252 e. The molecular formula is C16H23N3. The molecule has 102 valence electrons. The van der Waals surface area contributed by atoms with Crippen LogP contribution >= 0.6 is 0 Å². The molecule has 19 heavy (non-hydrogen) atoms. The van der Waals surface area contributed by atoms with E-state index in [1.165, 1.54) is 38.5 Å². The summed E-state index contributed by atoms with van der Waals surface area (Å²) in [5.74, 6) is 0. The minimum atomic E-state index is 0.964. The number of unbranched alkanes of at least 4 members (excludes halogenated alkanes) is 5. The summed E-state index contributed by atoms with van der Waals surface area (Å²) in [7, 11) is 0. The third-order valence-corrected chi connectivity index (χ3v) is 3.35. The van der Waals surface area contributed by atoms with Crippen LogP contribution in [0, 0.1) is 0 Å². The van der Waals surface area contributed by atoms with Crippen molar-refractivity contribution < 1.29 is 0 Å². The lowest BCUT2D eigenvalue weighted by Crippen LogP contribution is -1.98. The van der Waals surface area contributed by atoms with Gasteiger partial charge in [-0.3, -0.25) is 4.68 Å². The SMILES string of the molecule is CCCCCCCCn1cc(-c2ccccc2)nn1. The highest BCUT2D eigenvalue weighted by atomic mass is 15.4. The highest BCUT2D eigenvalue weighted by molar-refractivity contribution is 5.56. The summed E-state index contributed by atoms with van der Waals surface area (Å²) >= 11 is 0. The number of rotatable bonds is 8. The van der Waals surface area contributed by atoms with E-state index in [2.05, 4.69) is 29.4 Å². The van der Waals surface area contributed by atoms with Gasteiger partial charge in [0.2, 0.25) is 0 Å². The van der Waals surface area contributed by atoms with Gasteiger partial charge in [-0.15, -0.1) is 5.10 Å². The fourth-order valence-corrected chi connectivity index (χ4v) is 2.20. The summed E-state index contributed by atoms with van der Waals surface area (Å²) in [5.41, 5.74) is 2.10. The smallest absolute Gasteiger partial charge is 0.113 e. The molecule has 0 bridgehead atoms. The van der Waals surface area contributed by atoms with Crippen molar-refractivity contribution in [3.63, 3.8) is 0 Å². The molecule has 3 heteroatoms. The van der Waals surface area contributed by atoms with Crippen LogP contribution in [0.2, 0.25) is 0 Å². The lowest BCUT2D eigenvalue weighted by molar-refractivity contribution is 0.516. The number of hydrogen-bond acceptors (Lipinski definition) is 2. The predicted molar refractivity (Wildman–Crippen MR) is 78.8 cm³/mol. The van der Waals surface area contributed by atoms with Crippen molar-refractivity contribution in [2.45, 2.75) is 52.0 Å². The molecule has 2 aromatic rings. The zero-order valence-electron chi connectivity index (χ0n) is 11.8. The molecule has 0 spiro atoms. The van der Waals surface area contributed by atoms with Crippen LogP contribution in [0.1, 0.15) is 45.4 Å². The maximum absolute atomic E-state index is 4.23. The summed E-state index contributed by atoms with van der Waals surface area (Å²) in [6.45, 7) is 3.23. The Balaban J connectivity index is 1.75. The third-order valence-electron chi connectivity index (χ3n) is 3.35. The normalized spacial score (nSPS) is 10.8. The minimum absolute atomic E-state index is 0.964. The molecule has 0 atom stereocenters. The van der Waals surface area contributed by atoms with Crippen LogP contribution < -0.4 is 0 Å². The van der Waals surface area contributed by atoms with E-state index in [1.807, 2.05) is 29.1 Å². The Morgan fingerprint density at radius 1 is 0.947 bits per heavy atom. The van der Waals surface area contributed by atoms with Gasteiger partial charge in [0.15, 0.2) is 0 Å². The molecule has 1 aromatic carbocycles.